The van der Waals surface area contributed by atoms with Crippen LogP contribution in [0.3, 0.4) is 0 Å². The number of hydrogen-bond acceptors (Lipinski definition) is 8. The molecule has 6 N–H and O–H groups in total. The van der Waals surface area contributed by atoms with Crippen LogP contribution in [0.1, 0.15) is 131 Å². The monoisotopic (exact) mass is 704 g/mol. The van der Waals surface area contributed by atoms with Gasteiger partial charge in [-0.05, 0) is 84.5 Å². The van der Waals surface area contributed by atoms with Gasteiger partial charge in [-0.1, -0.05) is 58.3 Å². The van der Waals surface area contributed by atoms with Crippen molar-refractivity contribution in [1.29, 1.82) is 0 Å². The van der Waals surface area contributed by atoms with Crippen LogP contribution < -0.4 is 27.0 Å². The van der Waals surface area contributed by atoms with Gasteiger partial charge in [-0.15, -0.1) is 0 Å². The van der Waals surface area contributed by atoms with Crippen LogP contribution in [0.15, 0.2) is 0 Å². The Morgan fingerprint density at radius 1 is 0.780 bits per heavy atom. The number of primary amides is 1. The molecule has 3 rings (SSSR count). The van der Waals surface area contributed by atoms with E-state index < -0.39 is 71.3 Å². The summed E-state index contributed by atoms with van der Waals surface area (Å²) in [7, 11) is 0. The summed E-state index contributed by atoms with van der Waals surface area (Å²) in [4.78, 5) is 93.7. The molecule has 6 amide bonds. The quantitative estimate of drug-likeness (QED) is 0.160. The lowest BCUT2D eigenvalue weighted by Crippen LogP contribution is -2.59. The number of hydrogen-bond donors (Lipinski definition) is 5. The fourth-order valence-electron chi connectivity index (χ4n) is 7.37. The summed E-state index contributed by atoms with van der Waals surface area (Å²) in [5.74, 6) is -4.34. The van der Waals surface area contributed by atoms with Crippen molar-refractivity contribution in [2.24, 2.45) is 17.6 Å². The average Bonchev–Trinajstić information content (AvgIpc) is 3.57. The molecule has 5 atom stereocenters. The number of unbranched alkanes of at least 4 members (excludes halogenated alkanes) is 1. The maximum absolute atomic E-state index is 14.0. The Bertz CT molecular complexity index is 1220. The average molecular weight is 705 g/mol. The minimum absolute atomic E-state index is 0.0866. The molecule has 3 fully saturated rings. The lowest BCUT2D eigenvalue weighted by molar-refractivity contribution is -0.144. The van der Waals surface area contributed by atoms with Gasteiger partial charge in [0.15, 0.2) is 0 Å². The number of rotatable bonds is 15. The first-order chi connectivity index (χ1) is 23.6. The summed E-state index contributed by atoms with van der Waals surface area (Å²) >= 11 is 0. The molecule has 0 aromatic rings. The number of carbonyl (C=O) groups is 7. The van der Waals surface area contributed by atoms with Gasteiger partial charge in [0.25, 0.3) is 5.91 Å². The number of nitrogens with zero attached hydrogens (tertiary/aromatic N) is 1. The highest BCUT2D eigenvalue weighted by Gasteiger charge is 2.42. The summed E-state index contributed by atoms with van der Waals surface area (Å²) in [6, 6.07) is -4.93. The summed E-state index contributed by atoms with van der Waals surface area (Å²) < 4.78 is 5.46. The highest BCUT2D eigenvalue weighted by atomic mass is 16.6. The second-order valence-corrected chi connectivity index (χ2v) is 15.3. The lowest BCUT2D eigenvalue weighted by atomic mass is 9.83. The second kappa shape index (κ2) is 19.1. The van der Waals surface area contributed by atoms with Crippen molar-refractivity contribution in [2.75, 3.05) is 6.54 Å². The van der Waals surface area contributed by atoms with Crippen molar-refractivity contribution in [3.8, 4) is 0 Å². The normalized spacial score (nSPS) is 21.2. The van der Waals surface area contributed by atoms with E-state index in [1.165, 1.54) is 11.8 Å². The number of ether oxygens (including phenoxy) is 1. The Labute approximate surface area is 296 Å². The number of alkyl carbamates (subject to hydrolysis) is 1. The van der Waals surface area contributed by atoms with Crippen molar-refractivity contribution in [3.05, 3.63) is 0 Å². The van der Waals surface area contributed by atoms with E-state index in [9.17, 15) is 33.6 Å². The van der Waals surface area contributed by atoms with Crippen LogP contribution in [-0.4, -0.2) is 88.7 Å². The largest absolute Gasteiger partial charge is 0.444 e. The minimum Gasteiger partial charge on any atom is -0.444 e. The summed E-state index contributed by atoms with van der Waals surface area (Å²) in [5, 5.41) is 10.6. The number of nitrogens with two attached hydrogens (primary N) is 1. The molecule has 50 heavy (non-hydrogen) atoms. The molecular formula is C36H60N6O8. The van der Waals surface area contributed by atoms with Gasteiger partial charge in [0, 0.05) is 6.54 Å². The molecule has 1 saturated heterocycles. The standard InChI is InChI=1S/C36H60N6O8/c1-6-7-19-25(29(43)33(47)38-22(2)31(45)40-27(30(37)44)23-15-10-8-11-16-23)39-32(46)26-20-14-21-42(26)34(48)28(24-17-12-9-13-18-24)41-35(49)50-36(3,4)5/h22-28H,6-21H2,1-5H3,(H2,37,44)(H,38,47)(H,39,46)(H,40,45)(H,41,49)/t22-,25?,26?,27-,28-/m0/s1. The van der Waals surface area contributed by atoms with Gasteiger partial charge in [0.1, 0.15) is 29.8 Å². The molecule has 2 aliphatic carbocycles. The smallest absolute Gasteiger partial charge is 0.408 e. The van der Waals surface area contributed by atoms with Gasteiger partial charge < -0.3 is 36.6 Å². The van der Waals surface area contributed by atoms with Gasteiger partial charge in [-0.25, -0.2) is 4.79 Å². The topological polar surface area (TPSA) is 206 Å². The predicted molar refractivity (Wildman–Crippen MR) is 186 cm³/mol. The highest BCUT2D eigenvalue weighted by Crippen LogP contribution is 2.30. The van der Waals surface area contributed by atoms with Crippen molar-refractivity contribution < 1.29 is 38.3 Å². The van der Waals surface area contributed by atoms with E-state index in [0.29, 0.717) is 32.2 Å². The molecule has 14 heteroatoms. The van der Waals surface area contributed by atoms with E-state index in [2.05, 4.69) is 21.3 Å². The Hall–Kier alpha value is -3.71. The van der Waals surface area contributed by atoms with Gasteiger partial charge in [-0.2, -0.15) is 0 Å². The number of ketones is 1. The molecule has 0 spiro atoms. The van der Waals surface area contributed by atoms with Crippen LogP contribution in [0.2, 0.25) is 0 Å². The molecule has 0 aromatic heterocycles. The third-order valence-corrected chi connectivity index (χ3v) is 10.1. The van der Waals surface area contributed by atoms with Crippen molar-refractivity contribution >= 4 is 41.4 Å². The molecule has 14 nitrogen and oxygen atoms in total. The molecule has 3 aliphatic rings. The van der Waals surface area contributed by atoms with Crippen LogP contribution in [0, 0.1) is 11.8 Å². The third kappa shape index (κ3) is 12.0. The zero-order valence-electron chi connectivity index (χ0n) is 30.6. The Morgan fingerprint density at radius 2 is 1.36 bits per heavy atom. The van der Waals surface area contributed by atoms with E-state index in [1.807, 2.05) is 6.92 Å². The van der Waals surface area contributed by atoms with Crippen LogP contribution in [-0.2, 0) is 33.5 Å². The number of likely N-dealkylation sites (tertiary alicyclic amines) is 1. The first-order valence-corrected chi connectivity index (χ1v) is 18.7. The minimum atomic E-state index is -1.18. The van der Waals surface area contributed by atoms with Gasteiger partial charge >= 0.3 is 6.09 Å². The Morgan fingerprint density at radius 3 is 1.90 bits per heavy atom. The molecule has 1 heterocycles. The first kappa shape index (κ1) is 40.7. The molecule has 1 aliphatic heterocycles. The first-order valence-electron chi connectivity index (χ1n) is 18.7. The third-order valence-electron chi connectivity index (χ3n) is 10.1. The number of Topliss-reactive ketones (excluding diaryl/α,β-unsaturated/α-hetero) is 1. The van der Waals surface area contributed by atoms with E-state index >= 15 is 0 Å². The molecule has 0 aromatic carbocycles. The van der Waals surface area contributed by atoms with Crippen LogP contribution in [0.25, 0.3) is 0 Å². The van der Waals surface area contributed by atoms with Crippen LogP contribution >= 0.6 is 0 Å². The van der Waals surface area contributed by atoms with Gasteiger partial charge in [0.05, 0.1) is 6.04 Å². The lowest BCUT2D eigenvalue weighted by Gasteiger charge is -2.35. The predicted octanol–water partition coefficient (Wildman–Crippen LogP) is 2.75. The fraction of sp³-hybridized carbons (Fsp3) is 0.806. The molecule has 0 radical (unpaired) electrons. The molecular weight excluding hydrogens is 644 g/mol. The van der Waals surface area contributed by atoms with Crippen molar-refractivity contribution in [2.45, 2.75) is 167 Å². The highest BCUT2D eigenvalue weighted by molar-refractivity contribution is 6.38. The van der Waals surface area contributed by atoms with Gasteiger partial charge in [-0.3, -0.25) is 28.8 Å². The second-order valence-electron chi connectivity index (χ2n) is 15.3. The maximum Gasteiger partial charge on any atom is 0.408 e. The maximum atomic E-state index is 14.0. The van der Waals surface area contributed by atoms with E-state index in [0.717, 1.165) is 64.2 Å². The molecule has 0 bridgehead atoms. The van der Waals surface area contributed by atoms with E-state index in [-0.39, 0.29) is 24.2 Å². The van der Waals surface area contributed by atoms with Gasteiger partial charge in [0.2, 0.25) is 29.4 Å². The number of nitrogens with one attached hydrogen (secondary N) is 4. The van der Waals surface area contributed by atoms with Crippen molar-refractivity contribution in [3.63, 3.8) is 0 Å². The number of carbonyl (C=O) groups excluding carboxylic acids is 7. The summed E-state index contributed by atoms with van der Waals surface area (Å²) in [6.45, 7) is 8.87. The zero-order chi connectivity index (χ0) is 37.0. The SMILES string of the molecule is CCCCC(NC(=O)C1CCCN1C(=O)[C@@H](NC(=O)OC(C)(C)C)C1CCCCC1)C(=O)C(=O)N[C@@H](C)C(=O)N[C@H](C(N)=O)C1CCCCC1. The van der Waals surface area contributed by atoms with E-state index in [1.54, 1.807) is 20.8 Å². The summed E-state index contributed by atoms with van der Waals surface area (Å²) in [6.07, 6.45) is 10.6. The molecule has 2 saturated carbocycles. The Kier molecular flexibility index (Phi) is 15.5. The van der Waals surface area contributed by atoms with E-state index in [4.69, 9.17) is 10.5 Å². The Balaban J connectivity index is 1.68. The van der Waals surface area contributed by atoms with Crippen molar-refractivity contribution in [1.82, 2.24) is 26.2 Å². The number of amides is 6. The van der Waals surface area contributed by atoms with Crippen LogP contribution in [0.5, 0.6) is 0 Å². The van der Waals surface area contributed by atoms with Crippen LogP contribution in [0.4, 0.5) is 4.79 Å². The molecule has 2 unspecified atom stereocenters. The zero-order valence-corrected chi connectivity index (χ0v) is 30.6. The fourth-order valence-corrected chi connectivity index (χ4v) is 7.37. The molecule has 282 valence electrons. The summed E-state index contributed by atoms with van der Waals surface area (Å²) in [5.41, 5.74) is 4.84.